The monoisotopic (exact) mass is 371 g/mol. The Labute approximate surface area is 152 Å². The van der Waals surface area contributed by atoms with Crippen LogP contribution in [-0.2, 0) is 10.0 Å². The van der Waals surface area contributed by atoms with Gasteiger partial charge in [-0.2, -0.15) is 0 Å². The van der Waals surface area contributed by atoms with E-state index in [4.69, 9.17) is 0 Å². The number of rotatable bonds is 4. The molecular weight excluding hydrogens is 350 g/mol. The number of fused-ring (bicyclic) bond motifs is 1. The minimum absolute atomic E-state index is 0.140. The molecule has 26 heavy (non-hydrogen) atoms. The highest BCUT2D eigenvalue weighted by atomic mass is 32.2. The molecule has 0 atom stereocenters. The van der Waals surface area contributed by atoms with E-state index in [9.17, 15) is 13.2 Å². The van der Waals surface area contributed by atoms with Crippen LogP contribution in [-0.4, -0.2) is 26.4 Å². The molecule has 6 nitrogen and oxygen atoms in total. The fourth-order valence-corrected chi connectivity index (χ4v) is 3.99. The molecule has 0 unspecified atom stereocenters. The molecule has 0 spiro atoms. The van der Waals surface area contributed by atoms with Gasteiger partial charge in [0.15, 0.2) is 0 Å². The van der Waals surface area contributed by atoms with Gasteiger partial charge in [0.25, 0.3) is 5.91 Å². The highest BCUT2D eigenvalue weighted by Crippen LogP contribution is 2.23. The van der Waals surface area contributed by atoms with Crippen LogP contribution < -0.4 is 10.0 Å². The summed E-state index contributed by atoms with van der Waals surface area (Å²) in [5.74, 6) is -0.324. The van der Waals surface area contributed by atoms with Crippen molar-refractivity contribution in [2.75, 3.05) is 12.4 Å². The van der Waals surface area contributed by atoms with Gasteiger partial charge in [-0.15, -0.1) is 0 Å². The number of H-pyrrole nitrogens is 1. The first kappa shape index (κ1) is 18.2. The third-order valence-corrected chi connectivity index (χ3v) is 5.89. The van der Waals surface area contributed by atoms with Crippen LogP contribution in [0.1, 0.15) is 27.2 Å². The molecule has 3 aromatic rings. The molecule has 1 aromatic heterocycles. The van der Waals surface area contributed by atoms with Crippen molar-refractivity contribution in [3.05, 3.63) is 58.8 Å². The second kappa shape index (κ2) is 6.59. The number of aromatic nitrogens is 1. The highest BCUT2D eigenvalue weighted by molar-refractivity contribution is 7.89. The van der Waals surface area contributed by atoms with Gasteiger partial charge < -0.3 is 10.3 Å². The minimum Gasteiger partial charge on any atom is -0.351 e. The van der Waals surface area contributed by atoms with Crippen LogP contribution in [0, 0.1) is 20.8 Å². The van der Waals surface area contributed by atoms with E-state index in [2.05, 4.69) is 21.1 Å². The van der Waals surface area contributed by atoms with Crippen LogP contribution in [0.4, 0.5) is 5.69 Å². The number of carbonyl (C=O) groups is 1. The number of nitrogens with one attached hydrogen (secondary N) is 3. The Morgan fingerprint density at radius 2 is 1.73 bits per heavy atom. The lowest BCUT2D eigenvalue weighted by Gasteiger charge is -2.10. The maximum atomic E-state index is 12.6. The number of hydrogen-bond acceptors (Lipinski definition) is 3. The normalized spacial score (nSPS) is 11.7. The van der Waals surface area contributed by atoms with Gasteiger partial charge >= 0.3 is 0 Å². The lowest BCUT2D eigenvalue weighted by atomic mass is 10.1. The summed E-state index contributed by atoms with van der Waals surface area (Å²) in [4.78, 5) is 15.8. The van der Waals surface area contributed by atoms with E-state index in [0.717, 1.165) is 22.0 Å². The second-order valence-electron chi connectivity index (χ2n) is 6.37. The standard InChI is InChI=1S/C19H21N3O3S/c1-11-7-13(3)15-10-17(22-16(15)8-11)19(23)21-14-6-5-12(2)18(9-14)26(24,25)20-4/h5-10,20,22H,1-4H3,(H,21,23). The van der Waals surface area contributed by atoms with Crippen LogP contribution in [0.3, 0.4) is 0 Å². The smallest absolute Gasteiger partial charge is 0.272 e. The van der Waals surface area contributed by atoms with Gasteiger partial charge in [0.2, 0.25) is 10.0 Å². The Balaban J connectivity index is 1.94. The van der Waals surface area contributed by atoms with Crippen molar-refractivity contribution >= 4 is 32.5 Å². The van der Waals surface area contributed by atoms with Crippen LogP contribution in [0.5, 0.6) is 0 Å². The molecule has 1 heterocycles. The first-order chi connectivity index (χ1) is 12.2. The predicted molar refractivity (Wildman–Crippen MR) is 103 cm³/mol. The maximum Gasteiger partial charge on any atom is 0.272 e. The third kappa shape index (κ3) is 3.36. The van der Waals surface area contributed by atoms with Gasteiger partial charge in [0, 0.05) is 16.6 Å². The Morgan fingerprint density at radius 3 is 2.42 bits per heavy atom. The Kier molecular flexibility index (Phi) is 4.60. The summed E-state index contributed by atoms with van der Waals surface area (Å²) in [7, 11) is -2.24. The average Bonchev–Trinajstić information content (AvgIpc) is 3.01. The quantitative estimate of drug-likeness (QED) is 0.657. The number of anilines is 1. The van der Waals surface area contributed by atoms with Gasteiger partial charge in [0.05, 0.1) is 4.90 Å². The van der Waals surface area contributed by atoms with Crippen molar-refractivity contribution < 1.29 is 13.2 Å². The lowest BCUT2D eigenvalue weighted by Crippen LogP contribution is -2.20. The molecule has 0 radical (unpaired) electrons. The maximum absolute atomic E-state index is 12.6. The van der Waals surface area contributed by atoms with Crippen molar-refractivity contribution in [3.63, 3.8) is 0 Å². The molecule has 136 valence electrons. The van der Waals surface area contributed by atoms with Crippen molar-refractivity contribution in [1.29, 1.82) is 0 Å². The molecule has 2 aromatic carbocycles. The van der Waals surface area contributed by atoms with E-state index in [1.165, 1.54) is 13.1 Å². The van der Waals surface area contributed by atoms with Gasteiger partial charge in [-0.25, -0.2) is 13.1 Å². The zero-order valence-corrected chi connectivity index (χ0v) is 15.9. The van der Waals surface area contributed by atoms with E-state index >= 15 is 0 Å². The molecule has 0 aliphatic carbocycles. The van der Waals surface area contributed by atoms with E-state index < -0.39 is 10.0 Å². The number of aryl methyl sites for hydroxylation is 3. The Morgan fingerprint density at radius 1 is 1.00 bits per heavy atom. The molecule has 0 fully saturated rings. The van der Waals surface area contributed by atoms with Crippen LogP contribution in [0.25, 0.3) is 10.9 Å². The molecule has 3 N–H and O–H groups in total. The van der Waals surface area contributed by atoms with E-state index in [0.29, 0.717) is 16.9 Å². The summed E-state index contributed by atoms with van der Waals surface area (Å²) < 4.78 is 26.5. The zero-order valence-electron chi connectivity index (χ0n) is 15.1. The van der Waals surface area contributed by atoms with Gasteiger partial charge in [-0.1, -0.05) is 12.1 Å². The molecule has 1 amide bonds. The summed E-state index contributed by atoms with van der Waals surface area (Å²) in [6.07, 6.45) is 0. The molecule has 7 heteroatoms. The summed E-state index contributed by atoms with van der Waals surface area (Å²) in [5, 5.41) is 3.74. The van der Waals surface area contributed by atoms with Crippen molar-refractivity contribution in [2.24, 2.45) is 0 Å². The van der Waals surface area contributed by atoms with Crippen molar-refractivity contribution in [1.82, 2.24) is 9.71 Å². The SMILES string of the molecule is CNS(=O)(=O)c1cc(NC(=O)c2cc3c(C)cc(C)cc3[nH]2)ccc1C. The molecule has 3 rings (SSSR count). The molecule has 0 saturated carbocycles. The molecule has 0 aliphatic heterocycles. The average molecular weight is 371 g/mol. The highest BCUT2D eigenvalue weighted by Gasteiger charge is 2.17. The molecule has 0 bridgehead atoms. The van der Waals surface area contributed by atoms with E-state index in [1.54, 1.807) is 25.1 Å². The Bertz CT molecular complexity index is 1110. The van der Waals surface area contributed by atoms with E-state index in [1.807, 2.05) is 19.9 Å². The first-order valence-electron chi connectivity index (χ1n) is 8.17. The second-order valence-corrected chi connectivity index (χ2v) is 8.22. The van der Waals surface area contributed by atoms with Crippen molar-refractivity contribution in [3.8, 4) is 0 Å². The first-order valence-corrected chi connectivity index (χ1v) is 9.65. The minimum atomic E-state index is -3.59. The van der Waals surface area contributed by atoms with Crippen LogP contribution in [0.2, 0.25) is 0 Å². The fraction of sp³-hybridized carbons (Fsp3) is 0.211. The largest absolute Gasteiger partial charge is 0.351 e. The summed E-state index contributed by atoms with van der Waals surface area (Å²) in [6, 6.07) is 10.7. The zero-order chi connectivity index (χ0) is 19.1. The topological polar surface area (TPSA) is 91.1 Å². The van der Waals surface area contributed by atoms with E-state index in [-0.39, 0.29) is 10.8 Å². The number of carbonyl (C=O) groups excluding carboxylic acids is 1. The molecule has 0 saturated heterocycles. The number of benzene rings is 2. The van der Waals surface area contributed by atoms with Gasteiger partial charge in [-0.3, -0.25) is 4.79 Å². The fourth-order valence-electron chi connectivity index (χ4n) is 3.00. The van der Waals surface area contributed by atoms with Gasteiger partial charge in [-0.05, 0) is 68.8 Å². The number of amides is 1. The van der Waals surface area contributed by atoms with Crippen molar-refractivity contribution in [2.45, 2.75) is 25.7 Å². The lowest BCUT2D eigenvalue weighted by molar-refractivity contribution is 0.102. The molecule has 0 aliphatic rings. The van der Waals surface area contributed by atoms with Gasteiger partial charge in [0.1, 0.15) is 5.69 Å². The third-order valence-electron chi connectivity index (χ3n) is 4.34. The summed E-state index contributed by atoms with van der Waals surface area (Å²) in [6.45, 7) is 5.71. The van der Waals surface area contributed by atoms with Crippen LogP contribution >= 0.6 is 0 Å². The number of hydrogen-bond donors (Lipinski definition) is 3. The van der Waals surface area contributed by atoms with Crippen LogP contribution in [0.15, 0.2) is 41.3 Å². The molecular formula is C19H21N3O3S. The Hall–Kier alpha value is -2.64. The number of aromatic amines is 1. The number of sulfonamides is 1. The summed E-state index contributed by atoms with van der Waals surface area (Å²) in [5.41, 5.74) is 4.55. The predicted octanol–water partition coefficient (Wildman–Crippen LogP) is 3.25. The summed E-state index contributed by atoms with van der Waals surface area (Å²) >= 11 is 0.